The van der Waals surface area contributed by atoms with Gasteiger partial charge in [0.05, 0.1) is 22.9 Å². The van der Waals surface area contributed by atoms with Crippen LogP contribution in [0, 0.1) is 0 Å². The van der Waals surface area contributed by atoms with Gasteiger partial charge in [-0.25, -0.2) is 15.0 Å². The van der Waals surface area contributed by atoms with Crippen molar-refractivity contribution in [1.29, 1.82) is 0 Å². The Morgan fingerprint density at radius 3 is 1.86 bits per heavy atom. The molecule has 0 bridgehead atoms. The van der Waals surface area contributed by atoms with Gasteiger partial charge >= 0.3 is 11.9 Å². The number of amides is 1. The van der Waals surface area contributed by atoms with E-state index >= 15 is 0 Å². The molecule has 0 aliphatic carbocycles. The van der Waals surface area contributed by atoms with Crippen LogP contribution >= 0.6 is 0 Å². The second-order valence-electron chi connectivity index (χ2n) is 7.43. The first-order valence-electron chi connectivity index (χ1n) is 10.8. The van der Waals surface area contributed by atoms with Gasteiger partial charge in [-0.1, -0.05) is 48.5 Å². The summed E-state index contributed by atoms with van der Waals surface area (Å²) < 4.78 is 11.0. The number of carbonyl (C=O) groups is 3. The number of benzene rings is 4. The summed E-state index contributed by atoms with van der Waals surface area (Å²) >= 11 is 0. The number of hydrogen-bond donors (Lipinski definition) is 2. The summed E-state index contributed by atoms with van der Waals surface area (Å²) in [7, 11) is 0. The lowest BCUT2D eigenvalue weighted by molar-refractivity contribution is 0.0682. The van der Waals surface area contributed by atoms with E-state index in [1.54, 1.807) is 78.9 Å². The predicted octanol–water partition coefficient (Wildman–Crippen LogP) is 4.59. The Hall–Kier alpha value is -5.24. The number of phenolic OH excluding ortho intramolecular Hbond substituents is 1. The van der Waals surface area contributed by atoms with Gasteiger partial charge in [-0.05, 0) is 60.2 Å². The van der Waals surface area contributed by atoms with Crippen LogP contribution in [0.5, 0.6) is 17.2 Å². The molecule has 178 valence electrons. The van der Waals surface area contributed by atoms with Gasteiger partial charge in [-0.2, -0.15) is 5.10 Å². The molecule has 4 aromatic rings. The average Bonchev–Trinajstić information content (AvgIpc) is 2.91. The van der Waals surface area contributed by atoms with Crippen molar-refractivity contribution in [3.05, 3.63) is 125 Å². The zero-order valence-electron chi connectivity index (χ0n) is 18.8. The molecule has 8 nitrogen and oxygen atoms in total. The third kappa shape index (κ3) is 6.00. The molecular formula is C28H20N2O6. The van der Waals surface area contributed by atoms with Gasteiger partial charge in [-0.15, -0.1) is 0 Å². The summed E-state index contributed by atoms with van der Waals surface area (Å²) in [6.45, 7) is 0. The van der Waals surface area contributed by atoms with Crippen molar-refractivity contribution in [3.8, 4) is 17.2 Å². The summed E-state index contributed by atoms with van der Waals surface area (Å²) in [6, 6.07) is 27.3. The van der Waals surface area contributed by atoms with Gasteiger partial charge in [0.2, 0.25) is 0 Å². The molecule has 0 fully saturated rings. The number of esters is 2. The summed E-state index contributed by atoms with van der Waals surface area (Å²) in [5, 5.41) is 13.7. The van der Waals surface area contributed by atoms with Crippen LogP contribution in [0.25, 0.3) is 0 Å². The fraction of sp³-hybridized carbons (Fsp3) is 0. The first kappa shape index (κ1) is 23.9. The lowest BCUT2D eigenvalue weighted by Gasteiger charge is -2.11. The number of nitrogens with zero attached hydrogens (tertiary/aromatic N) is 1. The molecular weight excluding hydrogens is 460 g/mol. The van der Waals surface area contributed by atoms with Gasteiger partial charge in [0.15, 0.2) is 11.5 Å². The molecule has 0 aliphatic rings. The van der Waals surface area contributed by atoms with Crippen molar-refractivity contribution in [1.82, 2.24) is 5.43 Å². The summed E-state index contributed by atoms with van der Waals surface area (Å²) in [5.41, 5.74) is 3.47. The number of hydrazone groups is 1. The first-order valence-corrected chi connectivity index (χ1v) is 10.8. The third-order valence-electron chi connectivity index (χ3n) is 4.92. The van der Waals surface area contributed by atoms with Crippen molar-refractivity contribution in [2.45, 2.75) is 0 Å². The van der Waals surface area contributed by atoms with E-state index in [4.69, 9.17) is 9.47 Å². The maximum Gasteiger partial charge on any atom is 0.343 e. The monoisotopic (exact) mass is 480 g/mol. The molecule has 0 radical (unpaired) electrons. The van der Waals surface area contributed by atoms with E-state index in [1.165, 1.54) is 30.5 Å². The molecule has 0 spiro atoms. The SMILES string of the molecule is O=C(Oc1ccc(C=NNC(=O)c2ccccc2O)cc1OC(=O)c1ccccc1)c1ccccc1. The van der Waals surface area contributed by atoms with E-state index < -0.39 is 17.8 Å². The number of para-hydroxylation sites is 1. The van der Waals surface area contributed by atoms with Crippen molar-refractivity contribution in [3.63, 3.8) is 0 Å². The van der Waals surface area contributed by atoms with E-state index in [0.717, 1.165) is 0 Å². The van der Waals surface area contributed by atoms with Crippen LogP contribution < -0.4 is 14.9 Å². The van der Waals surface area contributed by atoms with Crippen LogP contribution in [0.15, 0.2) is 108 Å². The van der Waals surface area contributed by atoms with Gasteiger partial charge in [0.1, 0.15) is 5.75 Å². The minimum Gasteiger partial charge on any atom is -0.507 e. The van der Waals surface area contributed by atoms with Crippen molar-refractivity contribution in [2.24, 2.45) is 5.10 Å². The fourth-order valence-corrected chi connectivity index (χ4v) is 3.13. The van der Waals surface area contributed by atoms with E-state index in [2.05, 4.69) is 10.5 Å². The largest absolute Gasteiger partial charge is 0.507 e. The second-order valence-corrected chi connectivity index (χ2v) is 7.43. The Kier molecular flexibility index (Phi) is 7.47. The molecule has 0 aliphatic heterocycles. The summed E-state index contributed by atoms with van der Waals surface area (Å²) in [5.74, 6) is -2.02. The fourth-order valence-electron chi connectivity index (χ4n) is 3.13. The maximum absolute atomic E-state index is 12.6. The quantitative estimate of drug-likeness (QED) is 0.173. The predicted molar refractivity (Wildman–Crippen MR) is 132 cm³/mol. The number of carbonyl (C=O) groups excluding carboxylic acids is 3. The van der Waals surface area contributed by atoms with Crippen LogP contribution in [0.1, 0.15) is 36.6 Å². The summed E-state index contributed by atoms with van der Waals surface area (Å²) in [6.07, 6.45) is 1.32. The Balaban J connectivity index is 1.56. The second kappa shape index (κ2) is 11.3. The molecule has 4 rings (SSSR count). The highest BCUT2D eigenvalue weighted by Crippen LogP contribution is 2.30. The molecule has 0 aromatic heterocycles. The van der Waals surface area contributed by atoms with Crippen LogP contribution in [-0.2, 0) is 0 Å². The van der Waals surface area contributed by atoms with Crippen LogP contribution in [0.4, 0.5) is 0 Å². The van der Waals surface area contributed by atoms with Gasteiger partial charge < -0.3 is 14.6 Å². The van der Waals surface area contributed by atoms with Crippen molar-refractivity contribution in [2.75, 3.05) is 0 Å². The van der Waals surface area contributed by atoms with Crippen molar-refractivity contribution >= 4 is 24.1 Å². The van der Waals surface area contributed by atoms with Crippen LogP contribution in [0.2, 0.25) is 0 Å². The highest BCUT2D eigenvalue weighted by atomic mass is 16.6. The molecule has 2 N–H and O–H groups in total. The standard InChI is InChI=1S/C28H20N2O6/c31-23-14-8-7-13-22(23)26(32)30-29-18-19-15-16-24(35-27(33)20-9-3-1-4-10-20)25(17-19)36-28(34)21-11-5-2-6-12-21/h1-18,31H,(H,30,32). The first-order chi connectivity index (χ1) is 17.5. The topological polar surface area (TPSA) is 114 Å². The molecule has 0 saturated carbocycles. The molecule has 0 atom stereocenters. The maximum atomic E-state index is 12.6. The Morgan fingerprint density at radius 2 is 1.25 bits per heavy atom. The molecule has 1 amide bonds. The van der Waals surface area contributed by atoms with Gasteiger partial charge in [0.25, 0.3) is 5.91 Å². The van der Waals surface area contributed by atoms with E-state index in [9.17, 15) is 19.5 Å². The highest BCUT2D eigenvalue weighted by Gasteiger charge is 2.17. The lowest BCUT2D eigenvalue weighted by atomic mass is 10.2. The summed E-state index contributed by atoms with van der Waals surface area (Å²) in [4.78, 5) is 37.4. The minimum atomic E-state index is -0.644. The lowest BCUT2D eigenvalue weighted by Crippen LogP contribution is -2.17. The van der Waals surface area contributed by atoms with Crippen LogP contribution in [-0.4, -0.2) is 29.2 Å². The van der Waals surface area contributed by atoms with E-state index in [1.807, 2.05) is 0 Å². The molecule has 36 heavy (non-hydrogen) atoms. The van der Waals surface area contributed by atoms with Crippen LogP contribution in [0.3, 0.4) is 0 Å². The smallest absolute Gasteiger partial charge is 0.343 e. The number of ether oxygens (including phenoxy) is 2. The van der Waals surface area contributed by atoms with E-state index in [-0.39, 0.29) is 22.8 Å². The molecule has 4 aromatic carbocycles. The van der Waals surface area contributed by atoms with E-state index in [0.29, 0.717) is 16.7 Å². The zero-order valence-corrected chi connectivity index (χ0v) is 18.8. The number of aromatic hydroxyl groups is 1. The number of rotatable bonds is 7. The van der Waals surface area contributed by atoms with Gasteiger partial charge in [-0.3, -0.25) is 4.79 Å². The minimum absolute atomic E-state index is 0.0101. The highest BCUT2D eigenvalue weighted by molar-refractivity contribution is 5.97. The normalized spacial score (nSPS) is 10.6. The molecule has 0 saturated heterocycles. The molecule has 0 unspecified atom stereocenters. The zero-order chi connectivity index (χ0) is 25.3. The number of hydrogen-bond acceptors (Lipinski definition) is 7. The average molecular weight is 480 g/mol. The molecule has 8 heteroatoms. The Morgan fingerprint density at radius 1 is 0.694 bits per heavy atom. The Labute approximate surface area is 206 Å². The number of phenols is 1. The van der Waals surface area contributed by atoms with Crippen molar-refractivity contribution < 1.29 is 29.0 Å². The third-order valence-corrected chi connectivity index (χ3v) is 4.92. The number of nitrogens with one attached hydrogen (secondary N) is 1. The Bertz CT molecular complexity index is 1420. The molecule has 0 heterocycles. The van der Waals surface area contributed by atoms with Gasteiger partial charge in [0, 0.05) is 0 Å².